The van der Waals surface area contributed by atoms with Crippen LogP contribution in [0.3, 0.4) is 0 Å². The molecule has 134 valence electrons. The zero-order chi connectivity index (χ0) is 17.9. The van der Waals surface area contributed by atoms with Gasteiger partial charge >= 0.3 is 0 Å². The lowest BCUT2D eigenvalue weighted by Gasteiger charge is -2.11. The fourth-order valence-electron chi connectivity index (χ4n) is 3.06. The molecule has 1 aliphatic heterocycles. The van der Waals surface area contributed by atoms with Crippen LogP contribution in [0.1, 0.15) is 28.9 Å². The summed E-state index contributed by atoms with van der Waals surface area (Å²) < 4.78 is 1.48. The summed E-state index contributed by atoms with van der Waals surface area (Å²) in [6.07, 6.45) is 2.99. The number of nitrogens with zero attached hydrogens (tertiary/aromatic N) is 4. The Morgan fingerprint density at radius 2 is 1.96 bits per heavy atom. The minimum Gasteiger partial charge on any atom is -0.350 e. The fourth-order valence-corrected chi connectivity index (χ4v) is 4.02. The van der Waals surface area contributed by atoms with Crippen LogP contribution in [-0.2, 0) is 6.42 Å². The molecule has 0 spiro atoms. The van der Waals surface area contributed by atoms with Crippen molar-refractivity contribution >= 4 is 27.3 Å². The highest BCUT2D eigenvalue weighted by atomic mass is 32.1. The third-order valence-electron chi connectivity index (χ3n) is 4.39. The molecule has 2 aromatic heterocycles. The number of nitrogens with one attached hydrogen (secondary N) is 1. The Labute approximate surface area is 154 Å². The van der Waals surface area contributed by atoms with E-state index in [-0.39, 0.29) is 11.6 Å². The molecule has 0 saturated carbocycles. The fraction of sp³-hybridized carbons (Fsp3) is 0.333. The van der Waals surface area contributed by atoms with E-state index in [9.17, 15) is 9.59 Å². The molecule has 1 saturated heterocycles. The van der Waals surface area contributed by atoms with Crippen molar-refractivity contribution in [3.05, 3.63) is 58.0 Å². The van der Waals surface area contributed by atoms with Crippen LogP contribution >= 0.6 is 11.3 Å². The Kier molecular flexibility index (Phi) is 4.66. The molecule has 0 radical (unpaired) electrons. The van der Waals surface area contributed by atoms with Crippen LogP contribution in [0.5, 0.6) is 0 Å². The van der Waals surface area contributed by atoms with Gasteiger partial charge in [0.05, 0.1) is 0 Å². The van der Waals surface area contributed by atoms with Crippen molar-refractivity contribution in [3.8, 4) is 0 Å². The van der Waals surface area contributed by atoms with E-state index in [2.05, 4.69) is 20.3 Å². The van der Waals surface area contributed by atoms with Gasteiger partial charge in [0.2, 0.25) is 10.1 Å². The van der Waals surface area contributed by atoms with Gasteiger partial charge in [0.1, 0.15) is 5.69 Å². The largest absolute Gasteiger partial charge is 0.350 e. The summed E-state index contributed by atoms with van der Waals surface area (Å²) in [4.78, 5) is 31.1. The van der Waals surface area contributed by atoms with E-state index >= 15 is 0 Å². The number of carbonyl (C=O) groups excluding carboxylic acids is 1. The monoisotopic (exact) mass is 369 g/mol. The van der Waals surface area contributed by atoms with Crippen molar-refractivity contribution in [2.75, 3.05) is 24.5 Å². The number of aromatic nitrogens is 3. The molecule has 3 heterocycles. The summed E-state index contributed by atoms with van der Waals surface area (Å²) in [5.41, 5.74) is 0.958. The molecule has 3 aromatic rings. The molecular weight excluding hydrogens is 350 g/mol. The lowest BCUT2D eigenvalue weighted by molar-refractivity contribution is 0.0946. The average Bonchev–Trinajstić information content (AvgIpc) is 3.31. The average molecular weight is 369 g/mol. The first kappa shape index (κ1) is 16.7. The molecule has 1 aliphatic rings. The van der Waals surface area contributed by atoms with E-state index < -0.39 is 5.56 Å². The second-order valence-corrected chi connectivity index (χ2v) is 7.18. The van der Waals surface area contributed by atoms with E-state index in [4.69, 9.17) is 0 Å². The summed E-state index contributed by atoms with van der Waals surface area (Å²) in [6, 6.07) is 11.2. The third kappa shape index (κ3) is 3.45. The van der Waals surface area contributed by atoms with Crippen LogP contribution in [0.15, 0.2) is 41.2 Å². The third-order valence-corrected chi connectivity index (χ3v) is 5.36. The first-order valence-corrected chi connectivity index (χ1v) is 9.50. The molecule has 1 fully saturated rings. The Bertz CT molecular complexity index is 976. The van der Waals surface area contributed by atoms with E-state index in [0.29, 0.717) is 11.5 Å². The van der Waals surface area contributed by atoms with Crippen LogP contribution in [0.2, 0.25) is 0 Å². The van der Waals surface area contributed by atoms with Gasteiger partial charge in [-0.3, -0.25) is 9.59 Å². The second kappa shape index (κ2) is 7.25. The highest BCUT2D eigenvalue weighted by Gasteiger charge is 2.20. The maximum absolute atomic E-state index is 12.6. The van der Waals surface area contributed by atoms with Crippen LogP contribution < -0.4 is 15.8 Å². The second-order valence-electron chi connectivity index (χ2n) is 6.24. The van der Waals surface area contributed by atoms with Crippen molar-refractivity contribution < 1.29 is 4.79 Å². The minimum atomic E-state index is -0.421. The van der Waals surface area contributed by atoms with Crippen LogP contribution in [0.4, 0.5) is 5.13 Å². The lowest BCUT2D eigenvalue weighted by atomic mass is 10.1. The zero-order valence-electron chi connectivity index (χ0n) is 14.2. The molecular formula is C18H19N5O2S. The van der Waals surface area contributed by atoms with Crippen molar-refractivity contribution in [2.24, 2.45) is 0 Å². The standard InChI is InChI=1S/C18H19N5O2S/c24-15-12-14(16(25)19-9-8-13-6-2-1-3-7-13)23-17(20-15)26-18(21-23)22-10-4-5-11-22/h1-3,6-7,12H,4-5,8-11H2,(H,19,25). The van der Waals surface area contributed by atoms with Gasteiger partial charge in [0.25, 0.3) is 11.5 Å². The summed E-state index contributed by atoms with van der Waals surface area (Å²) in [7, 11) is 0. The van der Waals surface area contributed by atoms with Gasteiger partial charge in [0.15, 0.2) is 0 Å². The summed E-state index contributed by atoms with van der Waals surface area (Å²) >= 11 is 1.35. The highest BCUT2D eigenvalue weighted by Crippen LogP contribution is 2.25. The number of fused-ring (bicyclic) bond motifs is 1. The molecule has 1 N–H and O–H groups in total. The number of carbonyl (C=O) groups is 1. The normalized spacial score (nSPS) is 14.1. The summed E-state index contributed by atoms with van der Waals surface area (Å²) in [5.74, 6) is -0.311. The maximum atomic E-state index is 12.6. The van der Waals surface area contributed by atoms with Gasteiger partial charge < -0.3 is 10.2 Å². The molecule has 1 amide bonds. The topological polar surface area (TPSA) is 79.6 Å². The van der Waals surface area contributed by atoms with Gasteiger partial charge in [0, 0.05) is 25.7 Å². The Hall–Kier alpha value is -2.74. The van der Waals surface area contributed by atoms with Crippen molar-refractivity contribution in [3.63, 3.8) is 0 Å². The summed E-state index contributed by atoms with van der Waals surface area (Å²) in [5, 5.41) is 8.20. The predicted octanol–water partition coefficient (Wildman–Crippen LogP) is 1.72. The zero-order valence-corrected chi connectivity index (χ0v) is 15.0. The van der Waals surface area contributed by atoms with E-state index in [1.165, 1.54) is 21.9 Å². The van der Waals surface area contributed by atoms with Crippen molar-refractivity contribution in [1.29, 1.82) is 0 Å². The highest BCUT2D eigenvalue weighted by molar-refractivity contribution is 7.20. The number of benzene rings is 1. The maximum Gasteiger partial charge on any atom is 0.274 e. The quantitative estimate of drug-likeness (QED) is 0.741. The lowest BCUT2D eigenvalue weighted by Crippen LogP contribution is -2.29. The van der Waals surface area contributed by atoms with E-state index in [0.717, 1.165) is 43.0 Å². The Balaban J connectivity index is 1.54. The molecule has 0 unspecified atom stereocenters. The number of hydrogen-bond donors (Lipinski definition) is 1. The molecule has 7 nitrogen and oxygen atoms in total. The molecule has 4 rings (SSSR count). The molecule has 8 heteroatoms. The molecule has 26 heavy (non-hydrogen) atoms. The smallest absolute Gasteiger partial charge is 0.274 e. The number of anilines is 1. The first-order chi connectivity index (χ1) is 12.7. The van der Waals surface area contributed by atoms with Gasteiger partial charge in [-0.05, 0) is 24.8 Å². The Morgan fingerprint density at radius 3 is 2.73 bits per heavy atom. The van der Waals surface area contributed by atoms with Gasteiger partial charge in [-0.2, -0.15) is 9.50 Å². The van der Waals surface area contributed by atoms with Crippen LogP contribution in [0.25, 0.3) is 4.96 Å². The SMILES string of the molecule is O=C(NCCc1ccccc1)c1cc(=O)nc2sc(N3CCCC3)nn12. The van der Waals surface area contributed by atoms with Crippen molar-refractivity contribution in [1.82, 2.24) is 19.9 Å². The number of amides is 1. The summed E-state index contributed by atoms with van der Waals surface area (Å²) in [6.45, 7) is 2.39. The first-order valence-electron chi connectivity index (χ1n) is 8.69. The van der Waals surface area contributed by atoms with Gasteiger partial charge in [-0.15, -0.1) is 5.10 Å². The number of hydrogen-bond acceptors (Lipinski definition) is 6. The van der Waals surface area contributed by atoms with E-state index in [1.807, 2.05) is 30.3 Å². The van der Waals surface area contributed by atoms with Crippen molar-refractivity contribution in [2.45, 2.75) is 19.3 Å². The van der Waals surface area contributed by atoms with Gasteiger partial charge in [-0.1, -0.05) is 41.7 Å². The Morgan fingerprint density at radius 1 is 1.19 bits per heavy atom. The predicted molar refractivity (Wildman–Crippen MR) is 101 cm³/mol. The minimum absolute atomic E-state index is 0.231. The van der Waals surface area contributed by atoms with Crippen LogP contribution in [0, 0.1) is 0 Å². The van der Waals surface area contributed by atoms with Crippen LogP contribution in [-0.4, -0.2) is 40.1 Å². The molecule has 0 bridgehead atoms. The van der Waals surface area contributed by atoms with Gasteiger partial charge in [-0.25, -0.2) is 0 Å². The number of rotatable bonds is 5. The molecule has 1 aromatic carbocycles. The van der Waals surface area contributed by atoms with E-state index in [1.54, 1.807) is 0 Å². The molecule has 0 aliphatic carbocycles. The molecule has 0 atom stereocenters.